The van der Waals surface area contributed by atoms with Gasteiger partial charge in [0.15, 0.2) is 0 Å². The molecule has 2 nitrogen and oxygen atoms in total. The van der Waals surface area contributed by atoms with Crippen LogP contribution in [0.4, 0.5) is 34.1 Å². The second-order valence-electron chi connectivity index (χ2n) is 26.8. The molecule has 0 fully saturated rings. The van der Waals surface area contributed by atoms with Crippen molar-refractivity contribution in [2.75, 3.05) is 9.80 Å². The zero-order valence-corrected chi connectivity index (χ0v) is 43.7. The summed E-state index contributed by atoms with van der Waals surface area (Å²) in [5.41, 5.74) is 30.0. The van der Waals surface area contributed by atoms with Crippen LogP contribution in [0, 0.1) is 13.8 Å². The summed E-state index contributed by atoms with van der Waals surface area (Å²) in [6, 6.07) is 37.6. The van der Waals surface area contributed by atoms with Gasteiger partial charge in [0.2, 0.25) is 0 Å². The molecule has 0 aromatic heterocycles. The van der Waals surface area contributed by atoms with E-state index in [1.165, 1.54) is 143 Å². The molecule has 6 aromatic rings. The standard InChI is InChI=1S/C64H73BN2/c1-37-27-55-57-56(28-37)67(52-33-47-44(29-38(52)2)58(3,4)23-25-60(47,7)8)54-35-49-46(62(11,12)36-63(49,13)14)32-51(54)65(57)50-31-45-48(61(9,10)26-24-59(45,5)6)34-53(50)66(55)39-21-22-41-40-19-17-18-20-42(40)64(15,16)43(41)30-39/h17-22,27-35H,23-26,36H2,1-16H3. The van der Waals surface area contributed by atoms with Gasteiger partial charge in [0.05, 0.1) is 0 Å². The monoisotopic (exact) mass is 881 g/mol. The minimum absolute atomic E-state index is 0.0610. The summed E-state index contributed by atoms with van der Waals surface area (Å²) in [6.07, 6.45) is 5.91. The Morgan fingerprint density at radius 1 is 0.388 bits per heavy atom. The maximum absolute atomic E-state index is 2.75. The lowest BCUT2D eigenvalue weighted by molar-refractivity contribution is 0.332. The normalized spacial score (nSPS) is 21.6. The van der Waals surface area contributed by atoms with Gasteiger partial charge in [-0.1, -0.05) is 145 Å². The van der Waals surface area contributed by atoms with Crippen molar-refractivity contribution in [3.05, 3.63) is 147 Å². The molecule has 6 aromatic carbocycles. The Labute approximate surface area is 403 Å². The first-order valence-electron chi connectivity index (χ1n) is 25.8. The summed E-state index contributed by atoms with van der Waals surface area (Å²) in [4.78, 5) is 5.47. The van der Waals surface area contributed by atoms with E-state index in [4.69, 9.17) is 0 Å². The van der Waals surface area contributed by atoms with Crippen molar-refractivity contribution in [2.45, 2.75) is 181 Å². The first-order valence-corrected chi connectivity index (χ1v) is 25.8. The van der Waals surface area contributed by atoms with Gasteiger partial charge in [0.25, 0.3) is 6.71 Å². The molecule has 12 rings (SSSR count). The van der Waals surface area contributed by atoms with E-state index in [1.54, 1.807) is 0 Å². The Morgan fingerprint density at radius 3 is 1.42 bits per heavy atom. The average Bonchev–Trinajstić information content (AvgIpc) is 3.59. The zero-order chi connectivity index (χ0) is 47.5. The summed E-state index contributed by atoms with van der Waals surface area (Å²) in [5.74, 6) is 0. The quantitative estimate of drug-likeness (QED) is 0.160. The van der Waals surface area contributed by atoms with Gasteiger partial charge in [0, 0.05) is 39.5 Å². The first kappa shape index (κ1) is 43.3. The predicted octanol–water partition coefficient (Wildman–Crippen LogP) is 15.3. The number of hydrogen-bond donors (Lipinski definition) is 0. The van der Waals surface area contributed by atoms with Crippen molar-refractivity contribution in [3.8, 4) is 11.1 Å². The van der Waals surface area contributed by atoms with Gasteiger partial charge in [-0.2, -0.15) is 0 Å². The molecule has 0 atom stereocenters. The van der Waals surface area contributed by atoms with Gasteiger partial charge in [-0.05, 0) is 204 Å². The van der Waals surface area contributed by atoms with Gasteiger partial charge in [-0.15, -0.1) is 0 Å². The maximum Gasteiger partial charge on any atom is 0.252 e. The fraction of sp³-hybridized carbons (Fsp3) is 0.438. The summed E-state index contributed by atoms with van der Waals surface area (Å²) in [7, 11) is 0. The zero-order valence-electron chi connectivity index (χ0n) is 43.7. The van der Waals surface area contributed by atoms with Crippen LogP contribution in [0.2, 0.25) is 0 Å². The molecule has 4 aliphatic carbocycles. The lowest BCUT2D eigenvalue weighted by Crippen LogP contribution is -2.62. The highest BCUT2D eigenvalue weighted by molar-refractivity contribution is 7.00. The SMILES string of the molecule is Cc1cc2c3c(c1)N(c1cc4c(cc1C)C(C)(C)CCC4(C)C)c1cc4c(cc1B3c1cc3c(cc1N2c1ccc2c(c1)C(C)(C)c1ccccc1-2)C(C)(C)CCC3(C)C)C(C)(C)CC4(C)C. The first-order chi connectivity index (χ1) is 31.2. The Morgan fingerprint density at radius 2 is 0.836 bits per heavy atom. The number of anilines is 6. The Hall–Kier alpha value is -5.02. The van der Waals surface area contributed by atoms with Crippen molar-refractivity contribution in [3.63, 3.8) is 0 Å². The van der Waals surface area contributed by atoms with E-state index in [-0.39, 0.29) is 44.6 Å². The number of hydrogen-bond acceptors (Lipinski definition) is 2. The predicted molar refractivity (Wildman–Crippen MR) is 289 cm³/mol. The highest BCUT2D eigenvalue weighted by atomic mass is 15.2. The van der Waals surface area contributed by atoms with Gasteiger partial charge >= 0.3 is 0 Å². The minimum Gasteiger partial charge on any atom is -0.311 e. The van der Waals surface area contributed by atoms with E-state index in [0.717, 1.165) is 6.42 Å². The van der Waals surface area contributed by atoms with E-state index < -0.39 is 0 Å². The molecule has 342 valence electrons. The number of fused-ring (bicyclic) bond motifs is 10. The number of aryl methyl sites for hydroxylation is 2. The van der Waals surface area contributed by atoms with Crippen molar-refractivity contribution in [2.24, 2.45) is 0 Å². The van der Waals surface area contributed by atoms with Crippen LogP contribution in [-0.4, -0.2) is 6.71 Å². The van der Waals surface area contributed by atoms with E-state index in [0.29, 0.717) is 0 Å². The summed E-state index contributed by atoms with van der Waals surface area (Å²) in [5, 5.41) is 0. The van der Waals surface area contributed by atoms with Gasteiger partial charge in [-0.25, -0.2) is 0 Å². The number of nitrogens with zero attached hydrogens (tertiary/aromatic N) is 2. The van der Waals surface area contributed by atoms with E-state index in [1.807, 2.05) is 0 Å². The Kier molecular flexibility index (Phi) is 8.52. The molecule has 67 heavy (non-hydrogen) atoms. The molecule has 2 aliphatic heterocycles. The molecule has 0 amide bonds. The van der Waals surface area contributed by atoms with Gasteiger partial charge < -0.3 is 9.80 Å². The molecule has 0 spiro atoms. The molecule has 3 heteroatoms. The van der Waals surface area contributed by atoms with Crippen LogP contribution in [0.25, 0.3) is 11.1 Å². The second kappa shape index (κ2) is 13.2. The average molecular weight is 881 g/mol. The van der Waals surface area contributed by atoms with Crippen molar-refractivity contribution < 1.29 is 0 Å². The molecular weight excluding hydrogens is 808 g/mol. The van der Waals surface area contributed by atoms with Crippen molar-refractivity contribution in [1.29, 1.82) is 0 Å². The smallest absolute Gasteiger partial charge is 0.252 e. The van der Waals surface area contributed by atoms with Crippen LogP contribution < -0.4 is 26.2 Å². The topological polar surface area (TPSA) is 6.48 Å². The van der Waals surface area contributed by atoms with Crippen molar-refractivity contribution >= 4 is 57.2 Å². The van der Waals surface area contributed by atoms with Crippen LogP contribution in [0.5, 0.6) is 0 Å². The summed E-state index contributed by atoms with van der Waals surface area (Å²) < 4.78 is 0. The highest BCUT2D eigenvalue weighted by Gasteiger charge is 2.50. The second-order valence-corrected chi connectivity index (χ2v) is 26.8. The molecule has 0 N–H and O–H groups in total. The molecule has 0 bridgehead atoms. The van der Waals surface area contributed by atoms with Crippen LogP contribution in [0.15, 0.2) is 91.0 Å². The summed E-state index contributed by atoms with van der Waals surface area (Å²) in [6.45, 7) is 39.6. The third kappa shape index (κ3) is 5.82. The van der Waals surface area contributed by atoms with Gasteiger partial charge in [-0.3, -0.25) is 0 Å². The van der Waals surface area contributed by atoms with Crippen molar-refractivity contribution in [1.82, 2.24) is 0 Å². The molecule has 6 aliphatic rings. The van der Waals surface area contributed by atoms with E-state index >= 15 is 0 Å². The molecule has 2 heterocycles. The molecule has 0 radical (unpaired) electrons. The fourth-order valence-electron chi connectivity index (χ4n) is 15.0. The van der Waals surface area contributed by atoms with Gasteiger partial charge in [0.1, 0.15) is 0 Å². The Bertz CT molecular complexity index is 3180. The van der Waals surface area contributed by atoms with Crippen LogP contribution in [0.3, 0.4) is 0 Å². The van der Waals surface area contributed by atoms with E-state index in [9.17, 15) is 0 Å². The maximum atomic E-state index is 2.75. The Balaban J connectivity index is 1.21. The third-order valence-corrected chi connectivity index (χ3v) is 18.9. The minimum atomic E-state index is -0.111. The lowest BCUT2D eigenvalue weighted by atomic mass is 9.32. The van der Waals surface area contributed by atoms with Crippen LogP contribution >= 0.6 is 0 Å². The highest BCUT2D eigenvalue weighted by Crippen LogP contribution is 2.57. The van der Waals surface area contributed by atoms with Crippen LogP contribution in [0.1, 0.15) is 185 Å². The fourth-order valence-corrected chi connectivity index (χ4v) is 15.0. The lowest BCUT2D eigenvalue weighted by Gasteiger charge is -2.48. The molecule has 0 saturated carbocycles. The number of benzene rings is 6. The number of rotatable bonds is 2. The molecular formula is C64H73BN2. The largest absolute Gasteiger partial charge is 0.311 e. The molecule has 0 saturated heterocycles. The third-order valence-electron chi connectivity index (χ3n) is 18.9. The van der Waals surface area contributed by atoms with E-state index in [2.05, 4.69) is 212 Å². The molecule has 0 unspecified atom stereocenters. The summed E-state index contributed by atoms with van der Waals surface area (Å²) >= 11 is 0. The van der Waals surface area contributed by atoms with Crippen LogP contribution in [-0.2, 0) is 37.9 Å².